The van der Waals surface area contributed by atoms with Crippen LogP contribution < -0.4 is 4.74 Å². The van der Waals surface area contributed by atoms with Crippen LogP contribution in [0.1, 0.15) is 29.6 Å². The van der Waals surface area contributed by atoms with Crippen LogP contribution in [0, 0.1) is 0 Å². The third kappa shape index (κ3) is 4.39. The molecule has 3 heterocycles. The Labute approximate surface area is 175 Å². The molecule has 0 saturated carbocycles. The number of ether oxygens (including phenoxy) is 1. The monoisotopic (exact) mass is 435 g/mol. The largest absolute Gasteiger partial charge is 0.471 e. The highest BCUT2D eigenvalue weighted by atomic mass is 35.5. The van der Waals surface area contributed by atoms with E-state index < -0.39 is 10.0 Å². The Bertz CT molecular complexity index is 968. The minimum absolute atomic E-state index is 0.119. The molecule has 2 fully saturated rings. The SMILES string of the molecule is O=C(c1ccc(S(=O)(=O)N2CCCCC2)cc1)N1CC(Oc2ccc(Cl)cn2)C1. The minimum Gasteiger partial charge on any atom is -0.471 e. The van der Waals surface area contributed by atoms with Crippen LogP contribution in [0.4, 0.5) is 0 Å². The number of likely N-dealkylation sites (tertiary alicyclic amines) is 1. The molecular formula is C20H22ClN3O4S. The Kier molecular flexibility index (Phi) is 5.76. The summed E-state index contributed by atoms with van der Waals surface area (Å²) in [4.78, 5) is 18.6. The molecule has 0 aliphatic carbocycles. The molecule has 1 amide bonds. The van der Waals surface area contributed by atoms with Gasteiger partial charge in [-0.1, -0.05) is 18.0 Å². The second kappa shape index (κ2) is 8.30. The summed E-state index contributed by atoms with van der Waals surface area (Å²) in [6.07, 6.45) is 4.23. The second-order valence-electron chi connectivity index (χ2n) is 7.25. The molecule has 7 nitrogen and oxygen atoms in total. The summed E-state index contributed by atoms with van der Waals surface area (Å²) in [5.74, 6) is 0.328. The normalized spacial score (nSPS) is 18.3. The molecule has 154 valence electrons. The van der Waals surface area contributed by atoms with Crippen LogP contribution >= 0.6 is 11.6 Å². The molecule has 0 unspecified atom stereocenters. The summed E-state index contributed by atoms with van der Waals surface area (Å²) in [7, 11) is -3.49. The zero-order chi connectivity index (χ0) is 20.4. The fourth-order valence-corrected chi connectivity index (χ4v) is 5.12. The maximum Gasteiger partial charge on any atom is 0.254 e. The number of hydrogen-bond donors (Lipinski definition) is 0. The lowest BCUT2D eigenvalue weighted by Gasteiger charge is -2.38. The molecule has 0 bridgehead atoms. The molecule has 2 aliphatic rings. The number of pyridine rings is 1. The fraction of sp³-hybridized carbons (Fsp3) is 0.400. The zero-order valence-corrected chi connectivity index (χ0v) is 17.4. The zero-order valence-electron chi connectivity index (χ0n) is 15.8. The van der Waals surface area contributed by atoms with Crippen molar-refractivity contribution in [1.29, 1.82) is 0 Å². The van der Waals surface area contributed by atoms with Crippen LogP contribution in [0.5, 0.6) is 5.88 Å². The number of sulfonamides is 1. The summed E-state index contributed by atoms with van der Waals surface area (Å²) in [6, 6.07) is 9.58. The Morgan fingerprint density at radius 1 is 1.03 bits per heavy atom. The number of amides is 1. The van der Waals surface area contributed by atoms with Gasteiger partial charge in [0.05, 0.1) is 23.0 Å². The van der Waals surface area contributed by atoms with Gasteiger partial charge >= 0.3 is 0 Å². The standard InChI is InChI=1S/C20H22ClN3O4S/c21-16-6-9-19(22-12-16)28-17-13-23(14-17)20(25)15-4-7-18(8-5-15)29(26,27)24-10-2-1-3-11-24/h4-9,12,17H,1-3,10-11,13-14H2. The van der Waals surface area contributed by atoms with Crippen molar-refractivity contribution in [1.82, 2.24) is 14.2 Å². The number of rotatable bonds is 5. The van der Waals surface area contributed by atoms with Gasteiger partial charge in [0.2, 0.25) is 15.9 Å². The summed E-state index contributed by atoms with van der Waals surface area (Å²) >= 11 is 5.80. The Morgan fingerprint density at radius 2 is 1.72 bits per heavy atom. The minimum atomic E-state index is -3.49. The first-order valence-corrected chi connectivity index (χ1v) is 11.4. The number of hydrogen-bond acceptors (Lipinski definition) is 5. The van der Waals surface area contributed by atoms with Gasteiger partial charge in [-0.2, -0.15) is 4.31 Å². The highest BCUT2D eigenvalue weighted by molar-refractivity contribution is 7.89. The summed E-state index contributed by atoms with van der Waals surface area (Å²) in [5, 5.41) is 0.536. The quantitative estimate of drug-likeness (QED) is 0.721. The van der Waals surface area contributed by atoms with Gasteiger partial charge in [-0.05, 0) is 43.2 Å². The van der Waals surface area contributed by atoms with Crippen molar-refractivity contribution < 1.29 is 17.9 Å². The average Bonchev–Trinajstić information content (AvgIpc) is 2.72. The molecule has 0 spiro atoms. The van der Waals surface area contributed by atoms with Crippen molar-refractivity contribution in [2.75, 3.05) is 26.2 Å². The number of carbonyl (C=O) groups excluding carboxylic acids is 1. The van der Waals surface area contributed by atoms with Crippen molar-refractivity contribution in [3.8, 4) is 5.88 Å². The second-order valence-corrected chi connectivity index (χ2v) is 9.63. The van der Waals surface area contributed by atoms with Gasteiger partial charge in [0.1, 0.15) is 6.10 Å². The molecule has 9 heteroatoms. The molecule has 0 radical (unpaired) electrons. The predicted molar refractivity (Wildman–Crippen MR) is 109 cm³/mol. The Balaban J connectivity index is 1.35. The van der Waals surface area contributed by atoms with Gasteiger partial charge in [0, 0.05) is 30.9 Å². The van der Waals surface area contributed by atoms with Crippen molar-refractivity contribution in [2.45, 2.75) is 30.3 Å². The first-order chi connectivity index (χ1) is 13.9. The van der Waals surface area contributed by atoms with Crippen LogP contribution in [-0.2, 0) is 10.0 Å². The van der Waals surface area contributed by atoms with Crippen LogP contribution in [0.2, 0.25) is 5.02 Å². The van der Waals surface area contributed by atoms with Crippen LogP contribution in [-0.4, -0.2) is 60.8 Å². The van der Waals surface area contributed by atoms with E-state index >= 15 is 0 Å². The van der Waals surface area contributed by atoms with E-state index in [0.29, 0.717) is 42.6 Å². The number of aromatic nitrogens is 1. The third-order valence-corrected chi connectivity index (χ3v) is 7.31. The lowest BCUT2D eigenvalue weighted by Crippen LogP contribution is -2.56. The van der Waals surface area contributed by atoms with Crippen molar-refractivity contribution in [2.24, 2.45) is 0 Å². The van der Waals surface area contributed by atoms with Crippen molar-refractivity contribution in [3.05, 3.63) is 53.2 Å². The maximum absolute atomic E-state index is 12.7. The van der Waals surface area contributed by atoms with Crippen LogP contribution in [0.3, 0.4) is 0 Å². The highest BCUT2D eigenvalue weighted by Gasteiger charge is 2.33. The van der Waals surface area contributed by atoms with E-state index in [1.165, 1.54) is 22.6 Å². The first-order valence-electron chi connectivity index (χ1n) is 9.61. The predicted octanol–water partition coefficient (Wildman–Crippen LogP) is 2.81. The van der Waals surface area contributed by atoms with Gasteiger partial charge in [-0.3, -0.25) is 4.79 Å². The van der Waals surface area contributed by atoms with E-state index in [2.05, 4.69) is 4.98 Å². The van der Waals surface area contributed by atoms with Gasteiger partial charge in [-0.25, -0.2) is 13.4 Å². The molecule has 1 aromatic heterocycles. The molecule has 0 atom stereocenters. The molecule has 1 aromatic carbocycles. The van der Waals surface area contributed by atoms with E-state index in [-0.39, 0.29) is 16.9 Å². The molecule has 2 aliphatic heterocycles. The van der Waals surface area contributed by atoms with Gasteiger partial charge in [0.15, 0.2) is 0 Å². The van der Waals surface area contributed by atoms with E-state index in [4.69, 9.17) is 16.3 Å². The van der Waals surface area contributed by atoms with Gasteiger partial charge < -0.3 is 9.64 Å². The number of benzene rings is 1. The number of carbonyl (C=O) groups is 1. The highest BCUT2D eigenvalue weighted by Crippen LogP contribution is 2.23. The maximum atomic E-state index is 12.7. The number of nitrogens with zero attached hydrogens (tertiary/aromatic N) is 3. The van der Waals surface area contributed by atoms with E-state index in [9.17, 15) is 13.2 Å². The fourth-order valence-electron chi connectivity index (χ4n) is 3.49. The molecule has 4 rings (SSSR count). The van der Waals surface area contributed by atoms with Crippen molar-refractivity contribution >= 4 is 27.5 Å². The lowest BCUT2D eigenvalue weighted by molar-refractivity contribution is 0.0160. The lowest BCUT2D eigenvalue weighted by atomic mass is 10.1. The van der Waals surface area contributed by atoms with E-state index in [0.717, 1.165) is 19.3 Å². The molecule has 29 heavy (non-hydrogen) atoms. The first kappa shape index (κ1) is 20.1. The van der Waals surface area contributed by atoms with Crippen molar-refractivity contribution in [3.63, 3.8) is 0 Å². The summed E-state index contributed by atoms with van der Waals surface area (Å²) < 4.78 is 32.6. The third-order valence-electron chi connectivity index (χ3n) is 5.18. The smallest absolute Gasteiger partial charge is 0.254 e. The summed E-state index contributed by atoms with van der Waals surface area (Å²) in [5.41, 5.74) is 0.464. The topological polar surface area (TPSA) is 79.8 Å². The summed E-state index contributed by atoms with van der Waals surface area (Å²) in [6.45, 7) is 2.02. The van der Waals surface area contributed by atoms with Crippen LogP contribution in [0.15, 0.2) is 47.5 Å². The molecule has 0 N–H and O–H groups in total. The molecule has 2 saturated heterocycles. The molecular weight excluding hydrogens is 414 g/mol. The Morgan fingerprint density at radius 3 is 2.34 bits per heavy atom. The molecule has 2 aromatic rings. The van der Waals surface area contributed by atoms with E-state index in [1.807, 2.05) is 0 Å². The number of halogens is 1. The van der Waals surface area contributed by atoms with Gasteiger partial charge in [-0.15, -0.1) is 0 Å². The Hall–Kier alpha value is -2.16. The average molecular weight is 436 g/mol. The van der Waals surface area contributed by atoms with Gasteiger partial charge in [0.25, 0.3) is 5.91 Å². The van der Waals surface area contributed by atoms with Crippen LogP contribution in [0.25, 0.3) is 0 Å². The van der Waals surface area contributed by atoms with E-state index in [1.54, 1.807) is 29.2 Å². The number of piperidine rings is 1.